The Bertz CT molecular complexity index is 1480. The van der Waals surface area contributed by atoms with Crippen LogP contribution in [0.15, 0.2) is 42.6 Å². The Balaban J connectivity index is 1.42. The van der Waals surface area contributed by atoms with Gasteiger partial charge in [-0.05, 0) is 63.4 Å². The van der Waals surface area contributed by atoms with Crippen LogP contribution in [0, 0.1) is 5.82 Å². The largest absolute Gasteiger partial charge is 0.454 e. The molecule has 1 atom stereocenters. The molecule has 0 bridgehead atoms. The molecule has 2 aromatic carbocycles. The molecule has 3 aromatic rings. The molecule has 0 radical (unpaired) electrons. The van der Waals surface area contributed by atoms with Gasteiger partial charge < -0.3 is 14.8 Å². The molecule has 1 saturated carbocycles. The van der Waals surface area contributed by atoms with Gasteiger partial charge in [0, 0.05) is 21.7 Å². The third kappa shape index (κ3) is 4.93. The molecular formula is C25H25ClFN3O5S2. The van der Waals surface area contributed by atoms with E-state index in [2.05, 4.69) is 15.0 Å². The van der Waals surface area contributed by atoms with Gasteiger partial charge in [0.1, 0.15) is 5.82 Å². The lowest BCUT2D eigenvalue weighted by molar-refractivity contribution is -0.118. The molecule has 37 heavy (non-hydrogen) atoms. The fraction of sp³-hybridized carbons (Fsp3) is 0.360. The zero-order chi connectivity index (χ0) is 26.6. The van der Waals surface area contributed by atoms with Crippen molar-refractivity contribution in [2.75, 3.05) is 12.1 Å². The smallest absolute Gasteiger partial charge is 0.236 e. The molecule has 12 heteroatoms. The minimum atomic E-state index is -3.87. The van der Waals surface area contributed by atoms with E-state index < -0.39 is 32.0 Å². The van der Waals surface area contributed by atoms with Crippen molar-refractivity contribution >= 4 is 44.0 Å². The van der Waals surface area contributed by atoms with E-state index in [0.717, 1.165) is 23.0 Å². The summed E-state index contributed by atoms with van der Waals surface area (Å²) in [5.41, 5.74) is 0.213. The monoisotopic (exact) mass is 565 g/mol. The second-order valence-corrected chi connectivity index (χ2v) is 14.0. The van der Waals surface area contributed by atoms with Crippen molar-refractivity contribution in [3.63, 3.8) is 0 Å². The van der Waals surface area contributed by atoms with Crippen LogP contribution >= 0.6 is 22.9 Å². The lowest BCUT2D eigenvalue weighted by Crippen LogP contribution is -2.41. The van der Waals surface area contributed by atoms with Crippen molar-refractivity contribution in [2.45, 2.75) is 49.8 Å². The van der Waals surface area contributed by atoms with Gasteiger partial charge in [0.25, 0.3) is 0 Å². The fourth-order valence-electron chi connectivity index (χ4n) is 4.00. The standard InChI is InChI=1S/C25H25ClFN3O5S2/c1-24(2,3)37(32,33)30-21(16-6-5-15(26)11-17(16)27)20-12-28-23(36-20)29-22(31)25(8-9-25)14-4-7-18-19(10-14)35-13-34-18/h4-7,10-12,21,30H,8-9,13H2,1-3H3,(H,28,29,31)/t21-/m0/s1. The third-order valence-corrected chi connectivity index (χ3v) is 9.86. The molecule has 8 nitrogen and oxygen atoms in total. The summed E-state index contributed by atoms with van der Waals surface area (Å²) in [6, 6.07) is 8.46. The molecule has 2 aliphatic rings. The number of amides is 1. The second kappa shape index (κ2) is 9.23. The lowest BCUT2D eigenvalue weighted by Gasteiger charge is -2.25. The highest BCUT2D eigenvalue weighted by molar-refractivity contribution is 7.90. The van der Waals surface area contributed by atoms with Crippen LogP contribution < -0.4 is 19.5 Å². The van der Waals surface area contributed by atoms with Crippen LogP contribution in [0.1, 0.15) is 55.7 Å². The number of aromatic nitrogens is 1. The van der Waals surface area contributed by atoms with E-state index in [9.17, 15) is 17.6 Å². The zero-order valence-corrected chi connectivity index (χ0v) is 22.7. The van der Waals surface area contributed by atoms with Gasteiger partial charge in [-0.2, -0.15) is 0 Å². The Kier molecular flexibility index (Phi) is 6.46. The quantitative estimate of drug-likeness (QED) is 0.411. The minimum absolute atomic E-state index is 0.0952. The SMILES string of the molecule is CC(C)(C)S(=O)(=O)N[C@H](c1cnc(NC(=O)C2(c3ccc4c(c3)OCO4)CC2)s1)c1ccc(Cl)cc1F. The molecule has 1 amide bonds. The summed E-state index contributed by atoms with van der Waals surface area (Å²) in [6.07, 6.45) is 2.77. The Morgan fingerprint density at radius 3 is 2.57 bits per heavy atom. The predicted molar refractivity (Wildman–Crippen MR) is 139 cm³/mol. The number of carbonyl (C=O) groups is 1. The van der Waals surface area contributed by atoms with Crippen LogP contribution in [0.2, 0.25) is 5.02 Å². The summed E-state index contributed by atoms with van der Waals surface area (Å²) >= 11 is 6.99. The Labute approximate surface area is 223 Å². The number of nitrogens with one attached hydrogen (secondary N) is 2. The lowest BCUT2D eigenvalue weighted by atomic mass is 9.94. The van der Waals surface area contributed by atoms with Crippen LogP contribution in [-0.4, -0.2) is 30.8 Å². The van der Waals surface area contributed by atoms with E-state index in [4.69, 9.17) is 21.1 Å². The van der Waals surface area contributed by atoms with E-state index in [1.54, 1.807) is 26.8 Å². The first-order chi connectivity index (χ1) is 17.4. The van der Waals surface area contributed by atoms with E-state index >= 15 is 0 Å². The van der Waals surface area contributed by atoms with Crippen LogP contribution in [0.4, 0.5) is 9.52 Å². The molecule has 2 N–H and O–H groups in total. The van der Waals surface area contributed by atoms with Gasteiger partial charge in [0.2, 0.25) is 22.7 Å². The van der Waals surface area contributed by atoms with Crippen LogP contribution in [-0.2, 0) is 20.2 Å². The predicted octanol–water partition coefficient (Wildman–Crippen LogP) is 5.14. The number of sulfonamides is 1. The molecular weight excluding hydrogens is 541 g/mol. The topological polar surface area (TPSA) is 107 Å². The summed E-state index contributed by atoms with van der Waals surface area (Å²) in [7, 11) is -3.87. The number of fused-ring (bicyclic) bond motifs is 1. The van der Waals surface area contributed by atoms with E-state index in [1.807, 2.05) is 12.1 Å². The van der Waals surface area contributed by atoms with Crippen molar-refractivity contribution in [1.82, 2.24) is 9.71 Å². The number of ether oxygens (including phenoxy) is 2. The van der Waals surface area contributed by atoms with E-state index in [-0.39, 0.29) is 28.4 Å². The van der Waals surface area contributed by atoms with Crippen molar-refractivity contribution in [1.29, 1.82) is 0 Å². The molecule has 1 fully saturated rings. The van der Waals surface area contributed by atoms with Crippen molar-refractivity contribution in [2.24, 2.45) is 0 Å². The van der Waals surface area contributed by atoms with Crippen molar-refractivity contribution < 1.29 is 27.1 Å². The second-order valence-electron chi connectivity index (χ2n) is 10.0. The van der Waals surface area contributed by atoms with Gasteiger partial charge in [-0.15, -0.1) is 0 Å². The zero-order valence-electron chi connectivity index (χ0n) is 20.3. The van der Waals surface area contributed by atoms with Crippen LogP contribution in [0.5, 0.6) is 11.5 Å². The highest BCUT2D eigenvalue weighted by Gasteiger charge is 2.52. The maximum atomic E-state index is 14.9. The highest BCUT2D eigenvalue weighted by Crippen LogP contribution is 2.51. The van der Waals surface area contributed by atoms with E-state index in [1.165, 1.54) is 18.3 Å². The van der Waals surface area contributed by atoms with Gasteiger partial charge in [0.15, 0.2) is 16.6 Å². The molecule has 1 aromatic heterocycles. The van der Waals surface area contributed by atoms with Gasteiger partial charge in [-0.25, -0.2) is 22.5 Å². The summed E-state index contributed by atoms with van der Waals surface area (Å²) in [6.45, 7) is 4.80. The molecule has 5 rings (SSSR count). The average molecular weight is 566 g/mol. The first-order valence-electron chi connectivity index (χ1n) is 11.5. The Hall–Kier alpha value is -2.73. The number of rotatable bonds is 7. The number of nitrogens with zero attached hydrogens (tertiary/aromatic N) is 1. The number of hydrogen-bond donors (Lipinski definition) is 2. The van der Waals surface area contributed by atoms with E-state index in [0.29, 0.717) is 29.2 Å². The minimum Gasteiger partial charge on any atom is -0.454 e. The average Bonchev–Trinajstić information content (AvgIpc) is 3.27. The van der Waals surface area contributed by atoms with Crippen LogP contribution in [0.3, 0.4) is 0 Å². The van der Waals surface area contributed by atoms with Gasteiger partial charge in [0.05, 0.1) is 16.2 Å². The molecule has 0 saturated heterocycles. The first kappa shape index (κ1) is 25.9. The molecule has 0 spiro atoms. The number of carbonyl (C=O) groups excluding carboxylic acids is 1. The summed E-state index contributed by atoms with van der Waals surface area (Å²) in [5.74, 6) is 0.361. The maximum Gasteiger partial charge on any atom is 0.236 e. The number of anilines is 1. The number of hydrogen-bond acceptors (Lipinski definition) is 7. The molecule has 1 aliphatic carbocycles. The molecule has 1 aliphatic heterocycles. The number of halogens is 2. The molecule has 0 unspecified atom stereocenters. The summed E-state index contributed by atoms with van der Waals surface area (Å²) in [4.78, 5) is 18.0. The third-order valence-electron chi connectivity index (χ3n) is 6.49. The van der Waals surface area contributed by atoms with Crippen molar-refractivity contribution in [3.05, 3.63) is 69.4 Å². The fourth-order valence-corrected chi connectivity index (χ4v) is 6.04. The number of benzene rings is 2. The van der Waals surface area contributed by atoms with Gasteiger partial charge in [-0.3, -0.25) is 4.79 Å². The Morgan fingerprint density at radius 1 is 1.16 bits per heavy atom. The number of thiazole rings is 1. The maximum absolute atomic E-state index is 14.9. The van der Waals surface area contributed by atoms with Gasteiger partial charge >= 0.3 is 0 Å². The van der Waals surface area contributed by atoms with Gasteiger partial charge in [-0.1, -0.05) is 35.1 Å². The van der Waals surface area contributed by atoms with Crippen LogP contribution in [0.25, 0.3) is 0 Å². The summed E-state index contributed by atoms with van der Waals surface area (Å²) in [5, 5.41) is 3.33. The molecule has 2 heterocycles. The normalized spacial score (nSPS) is 16.9. The molecule has 196 valence electrons. The summed E-state index contributed by atoms with van der Waals surface area (Å²) < 4.78 is 53.1. The first-order valence-corrected chi connectivity index (χ1v) is 14.2. The highest BCUT2D eigenvalue weighted by atomic mass is 35.5. The Morgan fingerprint density at radius 2 is 1.89 bits per heavy atom. The van der Waals surface area contributed by atoms with Crippen molar-refractivity contribution in [3.8, 4) is 11.5 Å².